The van der Waals surface area contributed by atoms with Gasteiger partial charge in [-0.1, -0.05) is 43.7 Å². The van der Waals surface area contributed by atoms with E-state index in [1.807, 2.05) is 69.3 Å². The molecule has 0 heterocycles. The van der Waals surface area contributed by atoms with Crippen molar-refractivity contribution in [1.82, 2.24) is 5.32 Å². The van der Waals surface area contributed by atoms with E-state index >= 15 is 0 Å². The van der Waals surface area contributed by atoms with Crippen molar-refractivity contribution >= 4 is 5.91 Å². The van der Waals surface area contributed by atoms with Crippen molar-refractivity contribution in [2.75, 3.05) is 6.61 Å². The van der Waals surface area contributed by atoms with Gasteiger partial charge in [-0.2, -0.15) is 0 Å². The smallest absolute Gasteiger partial charge is 0.261 e. The molecule has 0 aliphatic rings. The zero-order chi connectivity index (χ0) is 18.9. The predicted octanol–water partition coefficient (Wildman–Crippen LogP) is 4.30. The summed E-state index contributed by atoms with van der Waals surface area (Å²) >= 11 is 0. The normalized spacial score (nSPS) is 12.9. The molecule has 0 bridgehead atoms. The second-order valence-corrected chi connectivity index (χ2v) is 6.55. The molecule has 2 aromatic carbocycles. The van der Waals surface area contributed by atoms with Gasteiger partial charge in [-0.25, -0.2) is 0 Å². The fraction of sp³-hybridized carbons (Fsp3) is 0.409. The lowest BCUT2D eigenvalue weighted by molar-refractivity contribution is -0.128. The summed E-state index contributed by atoms with van der Waals surface area (Å²) in [5.41, 5.74) is 2.44. The highest BCUT2D eigenvalue weighted by atomic mass is 16.5. The fourth-order valence-corrected chi connectivity index (χ4v) is 2.52. The van der Waals surface area contributed by atoms with E-state index in [4.69, 9.17) is 9.47 Å². The van der Waals surface area contributed by atoms with Crippen LogP contribution in [0.3, 0.4) is 0 Å². The Hall–Kier alpha value is -2.49. The summed E-state index contributed by atoms with van der Waals surface area (Å²) in [6.07, 6.45) is 1.08. The van der Waals surface area contributed by atoms with Gasteiger partial charge in [-0.15, -0.1) is 0 Å². The Balaban J connectivity index is 1.83. The van der Waals surface area contributed by atoms with Crippen molar-refractivity contribution in [2.45, 2.75) is 52.7 Å². The van der Waals surface area contributed by atoms with Crippen molar-refractivity contribution in [3.8, 4) is 11.5 Å². The minimum atomic E-state index is -0.510. The maximum Gasteiger partial charge on any atom is 0.261 e. The molecule has 4 heteroatoms. The summed E-state index contributed by atoms with van der Waals surface area (Å²) in [5.74, 6) is 1.40. The highest BCUT2D eigenvalue weighted by molar-refractivity contribution is 5.81. The zero-order valence-corrected chi connectivity index (χ0v) is 16.1. The van der Waals surface area contributed by atoms with E-state index in [1.54, 1.807) is 0 Å². The molecule has 2 aromatic rings. The summed E-state index contributed by atoms with van der Waals surface area (Å²) in [6, 6.07) is 15.6. The lowest BCUT2D eigenvalue weighted by Gasteiger charge is -2.21. The summed E-state index contributed by atoms with van der Waals surface area (Å²) in [4.78, 5) is 12.5. The second-order valence-electron chi connectivity index (χ2n) is 6.55. The molecule has 0 radical (unpaired) electrons. The first-order valence-corrected chi connectivity index (χ1v) is 9.27. The van der Waals surface area contributed by atoms with Gasteiger partial charge in [0.1, 0.15) is 18.1 Å². The van der Waals surface area contributed by atoms with Crippen LogP contribution in [-0.2, 0) is 11.2 Å². The molecule has 140 valence electrons. The number of carbonyl (C=O) groups is 1. The lowest BCUT2D eigenvalue weighted by Crippen LogP contribution is -2.44. The number of ether oxygens (including phenoxy) is 2. The summed E-state index contributed by atoms with van der Waals surface area (Å²) in [5, 5.41) is 2.97. The number of hydrogen-bond donors (Lipinski definition) is 1. The van der Waals surface area contributed by atoms with Gasteiger partial charge in [0.25, 0.3) is 5.91 Å². The van der Waals surface area contributed by atoms with Gasteiger partial charge in [0.2, 0.25) is 0 Å². The maximum absolute atomic E-state index is 12.5. The molecule has 0 spiro atoms. The number of benzene rings is 2. The van der Waals surface area contributed by atoms with Crippen molar-refractivity contribution in [3.05, 3.63) is 59.7 Å². The van der Waals surface area contributed by atoms with E-state index < -0.39 is 6.10 Å². The summed E-state index contributed by atoms with van der Waals surface area (Å²) < 4.78 is 11.6. The highest BCUT2D eigenvalue weighted by Gasteiger charge is 2.20. The number of aryl methyl sites for hydroxylation is 2. The highest BCUT2D eigenvalue weighted by Crippen LogP contribution is 2.16. The SMILES string of the molecule is CCc1ccc(O[C@H](CC)C(=O)N[C@@H](C)COc2ccc(C)cc2)cc1. The van der Waals surface area contributed by atoms with Gasteiger partial charge >= 0.3 is 0 Å². The molecule has 0 fully saturated rings. The van der Waals surface area contributed by atoms with Crippen LogP contribution >= 0.6 is 0 Å². The van der Waals surface area contributed by atoms with Crippen molar-refractivity contribution < 1.29 is 14.3 Å². The van der Waals surface area contributed by atoms with Crippen molar-refractivity contribution in [2.24, 2.45) is 0 Å². The minimum Gasteiger partial charge on any atom is -0.491 e. The number of rotatable bonds is 9. The van der Waals surface area contributed by atoms with E-state index in [2.05, 4.69) is 12.2 Å². The fourth-order valence-electron chi connectivity index (χ4n) is 2.52. The number of amides is 1. The Morgan fingerprint density at radius 3 is 2.19 bits per heavy atom. The third kappa shape index (κ3) is 6.10. The molecule has 0 unspecified atom stereocenters. The Morgan fingerprint density at radius 2 is 1.62 bits per heavy atom. The van der Waals surface area contributed by atoms with Crippen LogP contribution in [0.1, 0.15) is 38.3 Å². The largest absolute Gasteiger partial charge is 0.491 e. The standard InChI is InChI=1S/C22H29NO3/c1-5-18-9-13-20(14-10-18)26-21(6-2)22(24)23-17(4)15-25-19-11-7-16(3)8-12-19/h7-14,17,21H,5-6,15H2,1-4H3,(H,23,24)/t17-,21+/m0/s1. The molecule has 0 aliphatic carbocycles. The molecular weight excluding hydrogens is 326 g/mol. The topological polar surface area (TPSA) is 47.6 Å². The molecule has 0 saturated heterocycles. The van der Waals surface area contributed by atoms with Gasteiger partial charge in [-0.3, -0.25) is 4.79 Å². The molecule has 2 atom stereocenters. The third-order valence-corrected chi connectivity index (χ3v) is 4.18. The molecule has 1 amide bonds. The van der Waals surface area contributed by atoms with Crippen LogP contribution in [0.25, 0.3) is 0 Å². The van der Waals surface area contributed by atoms with Crippen molar-refractivity contribution in [1.29, 1.82) is 0 Å². The molecule has 4 nitrogen and oxygen atoms in total. The Labute approximate surface area is 156 Å². The average Bonchev–Trinajstić information content (AvgIpc) is 2.66. The van der Waals surface area contributed by atoms with E-state index in [1.165, 1.54) is 11.1 Å². The lowest BCUT2D eigenvalue weighted by atomic mass is 10.1. The second kappa shape index (κ2) is 9.85. The van der Waals surface area contributed by atoms with Crippen LogP contribution in [0.4, 0.5) is 0 Å². The molecule has 2 rings (SSSR count). The first-order valence-electron chi connectivity index (χ1n) is 9.27. The monoisotopic (exact) mass is 355 g/mol. The first-order chi connectivity index (χ1) is 12.5. The van der Waals surface area contributed by atoms with E-state index in [9.17, 15) is 4.79 Å². The molecule has 0 saturated carbocycles. The van der Waals surface area contributed by atoms with Gasteiger partial charge < -0.3 is 14.8 Å². The van der Waals surface area contributed by atoms with E-state index in [-0.39, 0.29) is 11.9 Å². The molecule has 0 aromatic heterocycles. The van der Waals surface area contributed by atoms with Gasteiger partial charge in [0, 0.05) is 0 Å². The number of carbonyl (C=O) groups excluding carboxylic acids is 1. The van der Waals surface area contributed by atoms with Crippen LogP contribution < -0.4 is 14.8 Å². The van der Waals surface area contributed by atoms with Crippen LogP contribution in [0, 0.1) is 6.92 Å². The maximum atomic E-state index is 12.5. The minimum absolute atomic E-state index is 0.107. The molecular formula is C22H29NO3. The average molecular weight is 355 g/mol. The van der Waals surface area contributed by atoms with Crippen LogP contribution in [0.15, 0.2) is 48.5 Å². The Bertz CT molecular complexity index is 680. The zero-order valence-electron chi connectivity index (χ0n) is 16.1. The van der Waals surface area contributed by atoms with Gasteiger partial charge in [-0.05, 0) is 56.5 Å². The summed E-state index contributed by atoms with van der Waals surface area (Å²) in [6.45, 7) is 8.43. The van der Waals surface area contributed by atoms with Crippen LogP contribution in [0.5, 0.6) is 11.5 Å². The Kier molecular flexibility index (Phi) is 7.52. The number of nitrogens with one attached hydrogen (secondary N) is 1. The summed E-state index contributed by atoms with van der Waals surface area (Å²) in [7, 11) is 0. The first kappa shape index (κ1) is 19.8. The van der Waals surface area contributed by atoms with Gasteiger partial charge in [0.15, 0.2) is 6.10 Å². The van der Waals surface area contributed by atoms with E-state index in [0.717, 1.165) is 12.2 Å². The molecule has 26 heavy (non-hydrogen) atoms. The van der Waals surface area contributed by atoms with E-state index in [0.29, 0.717) is 18.8 Å². The van der Waals surface area contributed by atoms with Crippen LogP contribution in [0.2, 0.25) is 0 Å². The number of hydrogen-bond acceptors (Lipinski definition) is 3. The van der Waals surface area contributed by atoms with Crippen molar-refractivity contribution in [3.63, 3.8) is 0 Å². The van der Waals surface area contributed by atoms with Crippen LogP contribution in [-0.4, -0.2) is 24.7 Å². The quantitative estimate of drug-likeness (QED) is 0.729. The third-order valence-electron chi connectivity index (χ3n) is 4.18. The van der Waals surface area contributed by atoms with Gasteiger partial charge in [0.05, 0.1) is 6.04 Å². The Morgan fingerprint density at radius 1 is 1.00 bits per heavy atom. The molecule has 1 N–H and O–H groups in total. The predicted molar refractivity (Wildman–Crippen MR) is 105 cm³/mol. The molecule has 0 aliphatic heterocycles.